The molecule has 1 N–H and O–H groups in total. The van der Waals surface area contributed by atoms with Gasteiger partial charge in [-0.25, -0.2) is 0 Å². The number of ketones is 1. The average Bonchev–Trinajstić information content (AvgIpc) is 2.54. The maximum atomic E-state index is 12.3. The number of amides is 1. The number of Topliss-reactive ketones (excluding diaryl/α,β-unsaturated/α-hetero) is 1. The van der Waals surface area contributed by atoms with Crippen molar-refractivity contribution >= 4 is 17.7 Å². The lowest BCUT2D eigenvalue weighted by molar-refractivity contribution is -0.157. The van der Waals surface area contributed by atoms with Crippen molar-refractivity contribution in [2.75, 3.05) is 6.61 Å². The van der Waals surface area contributed by atoms with E-state index in [1.165, 1.54) is 6.42 Å². The quantitative estimate of drug-likeness (QED) is 0.802. The van der Waals surface area contributed by atoms with Crippen molar-refractivity contribution < 1.29 is 19.1 Å². The van der Waals surface area contributed by atoms with Crippen molar-refractivity contribution in [3.05, 3.63) is 0 Å². The third kappa shape index (κ3) is 3.98. The highest BCUT2D eigenvalue weighted by Crippen LogP contribution is 2.40. The van der Waals surface area contributed by atoms with Crippen molar-refractivity contribution in [2.24, 2.45) is 23.7 Å². The van der Waals surface area contributed by atoms with E-state index in [0.717, 1.165) is 38.5 Å². The Bertz CT molecular complexity index is 488. The summed E-state index contributed by atoms with van der Waals surface area (Å²) in [5, 5.41) is 3.00. The van der Waals surface area contributed by atoms with Crippen LogP contribution in [0.3, 0.4) is 0 Å². The summed E-state index contributed by atoms with van der Waals surface area (Å²) in [6, 6.07) is 0.205. The number of fused-ring (bicyclic) bond motifs is 2. The molecule has 0 heterocycles. The van der Waals surface area contributed by atoms with Crippen LogP contribution in [-0.2, 0) is 19.1 Å². The topological polar surface area (TPSA) is 72.5 Å². The van der Waals surface area contributed by atoms with Gasteiger partial charge in [0, 0.05) is 17.9 Å². The van der Waals surface area contributed by atoms with Crippen LogP contribution < -0.4 is 5.32 Å². The first-order valence-electron chi connectivity index (χ1n) is 9.54. The molecule has 5 nitrogen and oxygen atoms in total. The molecule has 3 aliphatic carbocycles. The predicted octanol–water partition coefficient (Wildman–Crippen LogP) is 2.62. The molecule has 134 valence electrons. The molecule has 0 aromatic rings. The number of ether oxygens (including phenoxy) is 1. The van der Waals surface area contributed by atoms with Crippen LogP contribution in [0, 0.1) is 23.7 Å². The molecule has 2 bridgehead atoms. The summed E-state index contributed by atoms with van der Waals surface area (Å²) in [5.74, 6) is 0.190. The second kappa shape index (κ2) is 7.66. The summed E-state index contributed by atoms with van der Waals surface area (Å²) in [6.45, 7) is 1.97. The van der Waals surface area contributed by atoms with Crippen molar-refractivity contribution in [3.63, 3.8) is 0 Å². The van der Waals surface area contributed by atoms with E-state index in [-0.39, 0.29) is 42.3 Å². The molecule has 5 heteroatoms. The van der Waals surface area contributed by atoms with Gasteiger partial charge in [-0.1, -0.05) is 26.2 Å². The number of nitrogens with one attached hydrogen (secondary N) is 1. The molecule has 0 aliphatic heterocycles. The first-order chi connectivity index (χ1) is 11.5. The summed E-state index contributed by atoms with van der Waals surface area (Å²) < 4.78 is 5.26. The van der Waals surface area contributed by atoms with Crippen molar-refractivity contribution in [1.29, 1.82) is 0 Å². The fraction of sp³-hybridized carbons (Fsp3) is 0.842. The van der Waals surface area contributed by atoms with Gasteiger partial charge in [0.05, 0.1) is 5.92 Å². The second-order valence-corrected chi connectivity index (χ2v) is 7.94. The monoisotopic (exact) mass is 335 g/mol. The van der Waals surface area contributed by atoms with Crippen LogP contribution in [0.15, 0.2) is 0 Å². The van der Waals surface area contributed by atoms with Gasteiger partial charge in [0.2, 0.25) is 0 Å². The van der Waals surface area contributed by atoms with E-state index in [1.54, 1.807) is 0 Å². The molecule has 1 amide bonds. The number of hydrogen-bond donors (Lipinski definition) is 1. The number of carbonyl (C=O) groups is 3. The minimum Gasteiger partial charge on any atom is -0.455 e. The lowest BCUT2D eigenvalue weighted by Gasteiger charge is -2.36. The maximum absolute atomic E-state index is 12.3. The number of hydrogen-bond acceptors (Lipinski definition) is 4. The number of esters is 1. The van der Waals surface area contributed by atoms with Gasteiger partial charge < -0.3 is 10.1 Å². The Labute approximate surface area is 143 Å². The fourth-order valence-corrected chi connectivity index (χ4v) is 4.71. The zero-order valence-electron chi connectivity index (χ0n) is 14.6. The average molecular weight is 335 g/mol. The normalized spacial score (nSPS) is 36.0. The predicted molar refractivity (Wildman–Crippen MR) is 89.1 cm³/mol. The maximum Gasteiger partial charge on any atom is 0.309 e. The molecule has 4 atom stereocenters. The summed E-state index contributed by atoms with van der Waals surface area (Å²) in [5.41, 5.74) is 0. The van der Waals surface area contributed by atoms with Crippen LogP contribution in [0.4, 0.5) is 0 Å². The zero-order chi connectivity index (χ0) is 17.1. The molecule has 3 saturated carbocycles. The Morgan fingerprint density at radius 3 is 2.38 bits per heavy atom. The van der Waals surface area contributed by atoms with Crippen molar-refractivity contribution in [1.82, 2.24) is 5.32 Å². The van der Waals surface area contributed by atoms with E-state index in [2.05, 4.69) is 12.2 Å². The largest absolute Gasteiger partial charge is 0.455 e. The molecule has 3 aliphatic rings. The highest BCUT2D eigenvalue weighted by atomic mass is 16.5. The van der Waals surface area contributed by atoms with Crippen LogP contribution in [-0.4, -0.2) is 30.3 Å². The van der Waals surface area contributed by atoms with Crippen LogP contribution in [0.2, 0.25) is 0 Å². The molecule has 0 unspecified atom stereocenters. The molecular formula is C19H29NO4. The Morgan fingerprint density at radius 2 is 1.71 bits per heavy atom. The van der Waals surface area contributed by atoms with E-state index in [0.29, 0.717) is 24.5 Å². The summed E-state index contributed by atoms with van der Waals surface area (Å²) in [6.07, 6.45) is 8.63. The molecule has 24 heavy (non-hydrogen) atoms. The van der Waals surface area contributed by atoms with E-state index in [1.807, 2.05) is 0 Å². The molecule has 0 saturated heterocycles. The summed E-state index contributed by atoms with van der Waals surface area (Å²) >= 11 is 0. The highest BCUT2D eigenvalue weighted by Gasteiger charge is 2.41. The second-order valence-electron chi connectivity index (χ2n) is 7.94. The van der Waals surface area contributed by atoms with Crippen molar-refractivity contribution in [2.45, 2.75) is 70.8 Å². The van der Waals surface area contributed by atoms with Crippen molar-refractivity contribution in [3.8, 4) is 0 Å². The first-order valence-corrected chi connectivity index (χ1v) is 9.54. The highest BCUT2D eigenvalue weighted by molar-refractivity contribution is 5.88. The Morgan fingerprint density at radius 1 is 1.04 bits per heavy atom. The van der Waals surface area contributed by atoms with Crippen LogP contribution in [0.25, 0.3) is 0 Å². The molecule has 3 rings (SSSR count). The third-order valence-corrected chi connectivity index (χ3v) is 6.18. The lowest BCUT2D eigenvalue weighted by atomic mass is 9.67. The Hall–Kier alpha value is -1.39. The molecule has 0 spiro atoms. The zero-order valence-corrected chi connectivity index (χ0v) is 14.6. The van der Waals surface area contributed by atoms with Crippen LogP contribution in [0.5, 0.6) is 0 Å². The number of carbonyl (C=O) groups excluding carboxylic acids is 3. The first kappa shape index (κ1) is 17.4. The summed E-state index contributed by atoms with van der Waals surface area (Å²) in [4.78, 5) is 36.4. The van der Waals surface area contributed by atoms with Gasteiger partial charge in [0.15, 0.2) is 6.61 Å². The van der Waals surface area contributed by atoms with E-state index in [4.69, 9.17) is 4.74 Å². The van der Waals surface area contributed by atoms with E-state index < -0.39 is 0 Å². The number of rotatable bonds is 4. The molecule has 0 aromatic carbocycles. The Kier molecular flexibility index (Phi) is 5.57. The summed E-state index contributed by atoms with van der Waals surface area (Å²) in [7, 11) is 0. The van der Waals surface area contributed by atoms with Gasteiger partial charge in [0.25, 0.3) is 5.91 Å². The molecular weight excluding hydrogens is 306 g/mol. The molecule has 3 fully saturated rings. The van der Waals surface area contributed by atoms with E-state index >= 15 is 0 Å². The minimum absolute atomic E-state index is 0.0342. The molecule has 0 aromatic heterocycles. The fourth-order valence-electron chi connectivity index (χ4n) is 4.71. The van der Waals surface area contributed by atoms with Gasteiger partial charge in [-0.3, -0.25) is 14.4 Å². The smallest absolute Gasteiger partial charge is 0.309 e. The van der Waals surface area contributed by atoms with Gasteiger partial charge in [-0.2, -0.15) is 0 Å². The SMILES string of the molecule is C[C@@H]1CCCC[C@H]1NC(=O)COC(=O)C1C[C@@H]2CCC[C@@H](C1)C2=O. The molecule has 0 radical (unpaired) electrons. The van der Waals surface area contributed by atoms with E-state index in [9.17, 15) is 14.4 Å². The van der Waals surface area contributed by atoms with Crippen LogP contribution >= 0.6 is 0 Å². The van der Waals surface area contributed by atoms with Gasteiger partial charge in [-0.05, 0) is 44.4 Å². The van der Waals surface area contributed by atoms with Gasteiger partial charge >= 0.3 is 5.97 Å². The van der Waals surface area contributed by atoms with Crippen LogP contribution in [0.1, 0.15) is 64.7 Å². The minimum atomic E-state index is -0.300. The lowest BCUT2D eigenvalue weighted by Crippen LogP contribution is -2.44. The third-order valence-electron chi connectivity index (χ3n) is 6.18. The van der Waals surface area contributed by atoms with Gasteiger partial charge in [0.1, 0.15) is 5.78 Å². The standard InChI is InChI=1S/C19H29NO4/c1-12-5-2-3-8-16(12)20-17(21)11-24-19(23)15-9-13-6-4-7-14(10-15)18(13)22/h12-16H,2-11H2,1H3,(H,20,21)/t12-,13+,14+,16-/m1/s1. The Balaban J connectivity index is 1.43. The van der Waals surface area contributed by atoms with Gasteiger partial charge in [-0.15, -0.1) is 0 Å².